The van der Waals surface area contributed by atoms with Crippen molar-refractivity contribution in [1.82, 2.24) is 30.3 Å². The van der Waals surface area contributed by atoms with Crippen LogP contribution in [0.3, 0.4) is 0 Å². The van der Waals surface area contributed by atoms with Gasteiger partial charge in [0.1, 0.15) is 5.82 Å². The van der Waals surface area contributed by atoms with Gasteiger partial charge in [-0.3, -0.25) is 9.79 Å². The predicted octanol–water partition coefficient (Wildman–Crippen LogP) is 1.32. The van der Waals surface area contributed by atoms with Gasteiger partial charge in [-0.05, 0) is 25.7 Å². The zero-order chi connectivity index (χ0) is 19.3. The number of carbonyl (C=O) groups excluding carboxylic acids is 1. The molecule has 1 saturated carbocycles. The van der Waals surface area contributed by atoms with Crippen molar-refractivity contribution in [2.24, 2.45) is 10.4 Å². The van der Waals surface area contributed by atoms with Crippen LogP contribution in [0, 0.1) is 5.41 Å². The molecule has 2 heterocycles. The zero-order valence-electron chi connectivity index (χ0n) is 16.9. The summed E-state index contributed by atoms with van der Waals surface area (Å²) in [5.74, 6) is 2.97. The van der Waals surface area contributed by atoms with E-state index in [4.69, 9.17) is 0 Å². The molecule has 1 aliphatic heterocycles. The molecule has 0 bridgehead atoms. The minimum atomic E-state index is -0.312. The molecular weight excluding hydrogens is 342 g/mol. The molecule has 27 heavy (non-hydrogen) atoms. The van der Waals surface area contributed by atoms with E-state index in [2.05, 4.69) is 30.4 Å². The van der Waals surface area contributed by atoms with Gasteiger partial charge in [0.05, 0.1) is 12.0 Å². The van der Waals surface area contributed by atoms with Crippen LogP contribution in [0.4, 0.5) is 0 Å². The highest BCUT2D eigenvalue weighted by Gasteiger charge is 2.42. The van der Waals surface area contributed by atoms with Crippen molar-refractivity contribution in [2.45, 2.75) is 64.5 Å². The van der Waals surface area contributed by atoms with Crippen LogP contribution in [-0.4, -0.2) is 59.2 Å². The van der Waals surface area contributed by atoms with E-state index >= 15 is 0 Å². The van der Waals surface area contributed by atoms with E-state index in [-0.39, 0.29) is 11.3 Å². The predicted molar refractivity (Wildman–Crippen MR) is 105 cm³/mol. The van der Waals surface area contributed by atoms with Gasteiger partial charge in [0.25, 0.3) is 0 Å². The second kappa shape index (κ2) is 8.71. The summed E-state index contributed by atoms with van der Waals surface area (Å²) < 4.78 is 2.24. The summed E-state index contributed by atoms with van der Waals surface area (Å²) in [4.78, 5) is 18.8. The molecule has 1 aromatic heterocycles. The Morgan fingerprint density at radius 2 is 1.93 bits per heavy atom. The third kappa shape index (κ3) is 4.42. The fourth-order valence-electron chi connectivity index (χ4n) is 4.30. The first-order valence-electron chi connectivity index (χ1n) is 10.1. The number of rotatable bonds is 5. The summed E-state index contributed by atoms with van der Waals surface area (Å²) >= 11 is 0. The van der Waals surface area contributed by atoms with E-state index in [9.17, 15) is 4.79 Å². The van der Waals surface area contributed by atoms with Crippen LogP contribution in [0.5, 0.6) is 0 Å². The summed E-state index contributed by atoms with van der Waals surface area (Å²) in [6.45, 7) is 2.19. The Hall–Kier alpha value is -2.12. The first-order valence-corrected chi connectivity index (χ1v) is 10.1. The highest BCUT2D eigenvalue weighted by atomic mass is 16.2. The maximum absolute atomic E-state index is 12.7. The molecule has 2 aliphatic rings. The van der Waals surface area contributed by atoms with E-state index in [1.165, 1.54) is 19.3 Å². The van der Waals surface area contributed by atoms with Gasteiger partial charge in [-0.25, -0.2) is 0 Å². The third-order valence-electron chi connectivity index (χ3n) is 5.84. The summed E-state index contributed by atoms with van der Waals surface area (Å²) in [6, 6.07) is 0. The lowest BCUT2D eigenvalue weighted by Crippen LogP contribution is -2.49. The van der Waals surface area contributed by atoms with Crippen LogP contribution < -0.4 is 10.6 Å². The summed E-state index contributed by atoms with van der Waals surface area (Å²) in [7, 11) is 5.44. The van der Waals surface area contributed by atoms with E-state index in [1.807, 2.05) is 14.1 Å². The van der Waals surface area contributed by atoms with Gasteiger partial charge in [-0.1, -0.05) is 19.3 Å². The Bertz CT molecular complexity index is 674. The number of hydrogen-bond acceptors (Lipinski definition) is 4. The summed E-state index contributed by atoms with van der Waals surface area (Å²) in [5.41, 5.74) is -0.312. The second-order valence-electron chi connectivity index (χ2n) is 7.96. The molecule has 1 fully saturated rings. The number of nitrogens with zero attached hydrogens (tertiary/aromatic N) is 5. The normalized spacial score (nSPS) is 19.3. The van der Waals surface area contributed by atoms with Gasteiger partial charge in [-0.2, -0.15) is 0 Å². The average Bonchev–Trinajstić information content (AvgIpc) is 3.23. The molecule has 0 saturated heterocycles. The molecule has 0 spiro atoms. The lowest BCUT2D eigenvalue weighted by molar-refractivity contribution is -0.138. The van der Waals surface area contributed by atoms with Crippen LogP contribution in [0.1, 0.15) is 56.6 Å². The minimum Gasteiger partial charge on any atom is -0.355 e. The molecule has 2 N–H and O–H groups in total. The highest BCUT2D eigenvalue weighted by molar-refractivity contribution is 5.85. The molecule has 3 rings (SSSR count). The monoisotopic (exact) mass is 375 g/mol. The van der Waals surface area contributed by atoms with Crippen LogP contribution in [0.25, 0.3) is 0 Å². The number of aromatic nitrogens is 3. The van der Waals surface area contributed by atoms with Crippen LogP contribution in [0.15, 0.2) is 4.99 Å². The van der Waals surface area contributed by atoms with Crippen molar-refractivity contribution in [3.8, 4) is 0 Å². The number of aliphatic imine (C=N–C) groups is 1. The molecule has 0 aromatic carbocycles. The van der Waals surface area contributed by atoms with Gasteiger partial charge in [0.2, 0.25) is 5.91 Å². The zero-order valence-corrected chi connectivity index (χ0v) is 16.9. The van der Waals surface area contributed by atoms with Gasteiger partial charge in [0.15, 0.2) is 11.8 Å². The van der Waals surface area contributed by atoms with Crippen molar-refractivity contribution in [2.75, 3.05) is 27.7 Å². The number of amides is 1. The van der Waals surface area contributed by atoms with E-state index in [0.29, 0.717) is 19.0 Å². The molecule has 8 nitrogen and oxygen atoms in total. The van der Waals surface area contributed by atoms with Gasteiger partial charge in [0, 0.05) is 40.7 Å². The maximum Gasteiger partial charge on any atom is 0.230 e. The Labute approximate surface area is 161 Å². The molecular formula is C19H33N7O. The summed E-state index contributed by atoms with van der Waals surface area (Å²) in [5, 5.41) is 15.4. The minimum absolute atomic E-state index is 0.214. The molecule has 150 valence electrons. The molecule has 0 radical (unpaired) electrons. The number of nitrogens with one attached hydrogen (secondary N) is 2. The lowest BCUT2D eigenvalue weighted by atomic mass is 9.84. The Morgan fingerprint density at radius 1 is 1.15 bits per heavy atom. The largest absolute Gasteiger partial charge is 0.355 e. The van der Waals surface area contributed by atoms with Crippen molar-refractivity contribution < 1.29 is 4.79 Å². The van der Waals surface area contributed by atoms with Gasteiger partial charge >= 0.3 is 0 Å². The number of hydrogen-bond donors (Lipinski definition) is 2. The van der Waals surface area contributed by atoms with Crippen LogP contribution in [-0.2, 0) is 24.3 Å². The van der Waals surface area contributed by atoms with Crippen molar-refractivity contribution in [1.29, 1.82) is 0 Å². The fourth-order valence-corrected chi connectivity index (χ4v) is 4.30. The van der Waals surface area contributed by atoms with Gasteiger partial charge in [-0.15, -0.1) is 10.2 Å². The van der Waals surface area contributed by atoms with Crippen molar-refractivity contribution >= 4 is 11.9 Å². The van der Waals surface area contributed by atoms with Crippen molar-refractivity contribution in [3.05, 3.63) is 11.6 Å². The SMILES string of the molecule is CN=C(NCc1nnc2n1CCCCC2)NCC1(C(=O)N(C)C)CCCC1. The van der Waals surface area contributed by atoms with E-state index in [1.54, 1.807) is 11.9 Å². The molecule has 1 aromatic rings. The van der Waals surface area contributed by atoms with E-state index in [0.717, 1.165) is 50.3 Å². The molecule has 1 amide bonds. The number of aryl methyl sites for hydroxylation is 1. The van der Waals surface area contributed by atoms with E-state index < -0.39 is 0 Å². The number of guanidine groups is 1. The average molecular weight is 376 g/mol. The maximum atomic E-state index is 12.7. The first-order chi connectivity index (χ1) is 13.1. The number of carbonyl (C=O) groups is 1. The number of fused-ring (bicyclic) bond motifs is 1. The second-order valence-corrected chi connectivity index (χ2v) is 7.96. The first kappa shape index (κ1) is 19.6. The topological polar surface area (TPSA) is 87.4 Å². The smallest absolute Gasteiger partial charge is 0.230 e. The van der Waals surface area contributed by atoms with Crippen molar-refractivity contribution in [3.63, 3.8) is 0 Å². The lowest BCUT2D eigenvalue weighted by Gasteiger charge is -2.31. The van der Waals surface area contributed by atoms with Crippen LogP contribution >= 0.6 is 0 Å². The third-order valence-corrected chi connectivity index (χ3v) is 5.84. The Kier molecular flexibility index (Phi) is 6.34. The molecule has 1 aliphatic carbocycles. The van der Waals surface area contributed by atoms with Gasteiger partial charge < -0.3 is 20.1 Å². The Balaban J connectivity index is 1.58. The van der Waals surface area contributed by atoms with Crippen LogP contribution in [0.2, 0.25) is 0 Å². The molecule has 8 heteroatoms. The Morgan fingerprint density at radius 3 is 2.63 bits per heavy atom. The molecule has 0 atom stereocenters. The fraction of sp³-hybridized carbons (Fsp3) is 0.789. The summed E-state index contributed by atoms with van der Waals surface area (Å²) in [6.07, 6.45) is 8.73. The highest BCUT2D eigenvalue weighted by Crippen LogP contribution is 2.38. The molecule has 0 unspecified atom stereocenters. The standard InChI is InChI=1S/C19H33N7O/c1-20-18(22-14-19(10-6-7-11-19)17(27)25(2)3)21-13-16-24-23-15-9-5-4-8-12-26(15)16/h4-14H2,1-3H3,(H2,20,21,22). The quantitative estimate of drug-likeness (QED) is 0.599.